The van der Waals surface area contributed by atoms with Gasteiger partial charge in [0.2, 0.25) is 0 Å². The summed E-state index contributed by atoms with van der Waals surface area (Å²) >= 11 is 0. The van der Waals surface area contributed by atoms with Crippen LogP contribution in [-0.4, -0.2) is 50.1 Å². The number of hydrogen-bond donors (Lipinski definition) is 0. The maximum atomic E-state index is 10.9. The van der Waals surface area contributed by atoms with E-state index in [1.54, 1.807) is 0 Å². The first-order valence-corrected chi connectivity index (χ1v) is 7.42. The second kappa shape index (κ2) is 9.38. The fourth-order valence-electron chi connectivity index (χ4n) is 2.33. The van der Waals surface area contributed by atoms with Crippen LogP contribution in [-0.2, 0) is 28.5 Å². The van der Waals surface area contributed by atoms with Gasteiger partial charge in [0.15, 0.2) is 0 Å². The number of hydrogen-bond acceptors (Lipinski definition) is 6. The van der Waals surface area contributed by atoms with Gasteiger partial charge in [-0.05, 0) is 19.3 Å². The molecule has 0 bridgehead atoms. The summed E-state index contributed by atoms with van der Waals surface area (Å²) in [4.78, 5) is 21.8. The van der Waals surface area contributed by atoms with Crippen molar-refractivity contribution in [1.82, 2.24) is 0 Å². The summed E-state index contributed by atoms with van der Waals surface area (Å²) in [7, 11) is 0. The number of rotatable bonds is 11. The van der Waals surface area contributed by atoms with E-state index in [1.165, 1.54) is 0 Å². The quantitative estimate of drug-likeness (QED) is 0.329. The average Bonchev–Trinajstić information content (AvgIpc) is 2.53. The van der Waals surface area contributed by atoms with E-state index in [0.717, 1.165) is 31.4 Å². The second-order valence-corrected chi connectivity index (χ2v) is 4.91. The Kier molecular flexibility index (Phi) is 7.84. The fourth-order valence-corrected chi connectivity index (χ4v) is 2.33. The summed E-state index contributed by atoms with van der Waals surface area (Å²) in [6.07, 6.45) is 4.81. The molecule has 1 rings (SSSR count). The van der Waals surface area contributed by atoms with Crippen LogP contribution in [0.25, 0.3) is 0 Å². The van der Waals surface area contributed by atoms with E-state index in [0.29, 0.717) is 13.2 Å². The lowest BCUT2D eigenvalue weighted by Gasteiger charge is -2.48. The molecule has 1 aliphatic carbocycles. The standard InChI is InChI=1S/C16H24O6/c1-4-14(17)20-10-9-19-13-7-8-16(13,6-3)22-12-11-21-15(18)5-2/h4-5,13H,1-2,6-12H2,3H3. The smallest absolute Gasteiger partial charge is 0.330 e. The van der Waals surface area contributed by atoms with Crippen LogP contribution in [0.1, 0.15) is 26.2 Å². The van der Waals surface area contributed by atoms with Gasteiger partial charge in [-0.1, -0.05) is 20.1 Å². The van der Waals surface area contributed by atoms with Crippen LogP contribution in [0.5, 0.6) is 0 Å². The molecule has 0 N–H and O–H groups in total. The molecule has 0 saturated heterocycles. The van der Waals surface area contributed by atoms with Crippen molar-refractivity contribution in [2.24, 2.45) is 0 Å². The molecule has 0 heterocycles. The van der Waals surface area contributed by atoms with Gasteiger partial charge in [-0.25, -0.2) is 9.59 Å². The third-order valence-corrected chi connectivity index (χ3v) is 3.71. The average molecular weight is 312 g/mol. The van der Waals surface area contributed by atoms with Crippen molar-refractivity contribution in [3.8, 4) is 0 Å². The largest absolute Gasteiger partial charge is 0.460 e. The van der Waals surface area contributed by atoms with E-state index in [9.17, 15) is 9.59 Å². The van der Waals surface area contributed by atoms with Crippen LogP contribution in [0.2, 0.25) is 0 Å². The molecule has 0 amide bonds. The van der Waals surface area contributed by atoms with E-state index in [-0.39, 0.29) is 24.9 Å². The minimum absolute atomic E-state index is 0.0324. The van der Waals surface area contributed by atoms with E-state index < -0.39 is 11.9 Å². The second-order valence-electron chi connectivity index (χ2n) is 4.91. The molecule has 0 spiro atoms. The molecule has 2 atom stereocenters. The van der Waals surface area contributed by atoms with Gasteiger partial charge >= 0.3 is 11.9 Å². The van der Waals surface area contributed by atoms with E-state index in [4.69, 9.17) is 18.9 Å². The number of esters is 2. The molecule has 0 aromatic rings. The molecular formula is C16H24O6. The van der Waals surface area contributed by atoms with Crippen molar-refractivity contribution in [1.29, 1.82) is 0 Å². The molecule has 22 heavy (non-hydrogen) atoms. The molecule has 6 nitrogen and oxygen atoms in total. The maximum absolute atomic E-state index is 10.9. The van der Waals surface area contributed by atoms with Gasteiger partial charge in [0.05, 0.1) is 24.9 Å². The van der Waals surface area contributed by atoms with Crippen molar-refractivity contribution < 1.29 is 28.5 Å². The van der Waals surface area contributed by atoms with E-state index in [1.807, 2.05) is 6.92 Å². The zero-order chi connectivity index (χ0) is 16.4. The predicted molar refractivity (Wildman–Crippen MR) is 80.3 cm³/mol. The van der Waals surface area contributed by atoms with Crippen LogP contribution >= 0.6 is 0 Å². The lowest BCUT2D eigenvalue weighted by atomic mass is 9.74. The topological polar surface area (TPSA) is 71.1 Å². The molecule has 0 aromatic heterocycles. The molecule has 0 aromatic carbocycles. The van der Waals surface area contributed by atoms with Gasteiger partial charge < -0.3 is 18.9 Å². The molecule has 6 heteroatoms. The monoisotopic (exact) mass is 312 g/mol. The van der Waals surface area contributed by atoms with Crippen molar-refractivity contribution in [2.75, 3.05) is 26.4 Å². The van der Waals surface area contributed by atoms with E-state index >= 15 is 0 Å². The number of ether oxygens (including phenoxy) is 4. The van der Waals surface area contributed by atoms with Crippen molar-refractivity contribution in [3.05, 3.63) is 25.3 Å². The van der Waals surface area contributed by atoms with Crippen LogP contribution < -0.4 is 0 Å². The molecule has 0 radical (unpaired) electrons. The first-order chi connectivity index (χ1) is 10.6. The Morgan fingerprint density at radius 1 is 1.09 bits per heavy atom. The zero-order valence-corrected chi connectivity index (χ0v) is 13.0. The Balaban J connectivity index is 2.26. The lowest BCUT2D eigenvalue weighted by Crippen LogP contribution is -2.55. The maximum Gasteiger partial charge on any atom is 0.330 e. The highest BCUT2D eigenvalue weighted by Crippen LogP contribution is 2.40. The fraction of sp³-hybridized carbons (Fsp3) is 0.625. The molecule has 1 saturated carbocycles. The minimum Gasteiger partial charge on any atom is -0.460 e. The van der Waals surface area contributed by atoms with Crippen molar-refractivity contribution >= 4 is 11.9 Å². The molecular weight excluding hydrogens is 288 g/mol. The summed E-state index contributed by atoms with van der Waals surface area (Å²) in [5, 5.41) is 0. The van der Waals surface area contributed by atoms with Gasteiger partial charge in [0, 0.05) is 12.2 Å². The highest BCUT2D eigenvalue weighted by Gasteiger charge is 2.47. The van der Waals surface area contributed by atoms with Gasteiger partial charge in [0.25, 0.3) is 0 Å². The number of carbonyl (C=O) groups is 2. The Bertz CT molecular complexity index is 401. The van der Waals surface area contributed by atoms with Crippen LogP contribution in [0.3, 0.4) is 0 Å². The molecule has 0 aliphatic heterocycles. The third-order valence-electron chi connectivity index (χ3n) is 3.71. The summed E-state index contributed by atoms with van der Waals surface area (Å²) < 4.78 is 21.3. The Hall–Kier alpha value is -1.66. The zero-order valence-electron chi connectivity index (χ0n) is 13.0. The highest BCUT2D eigenvalue weighted by molar-refractivity contribution is 5.81. The molecule has 2 unspecified atom stereocenters. The summed E-state index contributed by atoms with van der Waals surface area (Å²) in [6.45, 7) is 9.70. The Labute approximate surface area is 131 Å². The molecule has 1 aliphatic rings. The lowest BCUT2D eigenvalue weighted by molar-refractivity contribution is -0.212. The first-order valence-electron chi connectivity index (χ1n) is 7.42. The third kappa shape index (κ3) is 5.27. The van der Waals surface area contributed by atoms with Gasteiger partial charge in [-0.15, -0.1) is 0 Å². The van der Waals surface area contributed by atoms with Crippen LogP contribution in [0, 0.1) is 0 Å². The Morgan fingerprint density at radius 2 is 1.68 bits per heavy atom. The van der Waals surface area contributed by atoms with Gasteiger partial charge in [0.1, 0.15) is 13.2 Å². The summed E-state index contributed by atoms with van der Waals surface area (Å²) in [6, 6.07) is 0. The molecule has 124 valence electrons. The number of carbonyl (C=O) groups excluding carboxylic acids is 2. The summed E-state index contributed by atoms with van der Waals surface area (Å²) in [5.74, 6) is -0.918. The SMILES string of the molecule is C=CC(=O)OCCOC1CCC1(CC)OCCOC(=O)C=C. The minimum atomic E-state index is -0.459. The van der Waals surface area contributed by atoms with Crippen molar-refractivity contribution in [3.63, 3.8) is 0 Å². The Morgan fingerprint density at radius 3 is 2.14 bits per heavy atom. The summed E-state index contributed by atoms with van der Waals surface area (Å²) in [5.41, 5.74) is -0.344. The van der Waals surface area contributed by atoms with Crippen LogP contribution in [0.4, 0.5) is 0 Å². The predicted octanol–water partition coefficient (Wildman–Crippen LogP) is 1.79. The van der Waals surface area contributed by atoms with E-state index in [2.05, 4.69) is 13.2 Å². The highest BCUT2D eigenvalue weighted by atomic mass is 16.6. The van der Waals surface area contributed by atoms with Gasteiger partial charge in [-0.3, -0.25) is 0 Å². The van der Waals surface area contributed by atoms with Gasteiger partial charge in [-0.2, -0.15) is 0 Å². The normalized spacial score (nSPS) is 23.2. The molecule has 1 fully saturated rings. The first kappa shape index (κ1) is 18.4. The van der Waals surface area contributed by atoms with Crippen LogP contribution in [0.15, 0.2) is 25.3 Å². The van der Waals surface area contributed by atoms with Crippen molar-refractivity contribution in [2.45, 2.75) is 37.9 Å².